The Labute approximate surface area is 181 Å². The van der Waals surface area contributed by atoms with Crippen LogP contribution in [0.3, 0.4) is 0 Å². The van der Waals surface area contributed by atoms with Crippen LogP contribution in [0.2, 0.25) is 5.02 Å². The number of nitrogens with zero attached hydrogens (tertiary/aromatic N) is 1. The first kappa shape index (κ1) is 21.2. The van der Waals surface area contributed by atoms with Crippen LogP contribution in [0.4, 0.5) is 18.9 Å². The fourth-order valence-corrected chi connectivity index (χ4v) is 3.55. The van der Waals surface area contributed by atoms with E-state index < -0.39 is 6.36 Å². The van der Waals surface area contributed by atoms with Gasteiger partial charge in [0.2, 0.25) is 0 Å². The smallest absolute Gasteiger partial charge is 0.457 e. The largest absolute Gasteiger partial charge is 0.573 e. The van der Waals surface area contributed by atoms with Crippen molar-refractivity contribution in [2.45, 2.75) is 12.8 Å². The van der Waals surface area contributed by atoms with E-state index in [0.29, 0.717) is 22.9 Å². The fourth-order valence-electron chi connectivity index (χ4n) is 3.39. The molecule has 0 saturated heterocycles. The van der Waals surface area contributed by atoms with Crippen LogP contribution in [-0.4, -0.2) is 23.8 Å². The summed E-state index contributed by atoms with van der Waals surface area (Å²) in [6.45, 7) is -0.0362. The normalized spacial score (nSPS) is 15.8. The van der Waals surface area contributed by atoms with Crippen molar-refractivity contribution in [1.82, 2.24) is 0 Å². The zero-order chi connectivity index (χ0) is 22.0. The van der Waals surface area contributed by atoms with Gasteiger partial charge in [-0.25, -0.2) is 0 Å². The van der Waals surface area contributed by atoms with Crippen molar-refractivity contribution in [3.05, 3.63) is 82.9 Å². The van der Waals surface area contributed by atoms with Gasteiger partial charge >= 0.3 is 6.36 Å². The van der Waals surface area contributed by atoms with Crippen LogP contribution in [0.5, 0.6) is 17.2 Å². The molecule has 1 aliphatic rings. The van der Waals surface area contributed by atoms with E-state index in [2.05, 4.69) is 4.74 Å². The number of rotatable bonds is 5. The molecule has 4 nitrogen and oxygen atoms in total. The van der Waals surface area contributed by atoms with E-state index in [1.54, 1.807) is 18.2 Å². The van der Waals surface area contributed by atoms with Gasteiger partial charge in [-0.1, -0.05) is 17.7 Å². The van der Waals surface area contributed by atoms with Gasteiger partial charge in [-0.2, -0.15) is 0 Å². The van der Waals surface area contributed by atoms with Crippen LogP contribution in [0, 0.1) is 5.92 Å². The lowest BCUT2D eigenvalue weighted by atomic mass is 9.87. The van der Waals surface area contributed by atoms with E-state index in [1.807, 2.05) is 24.3 Å². The van der Waals surface area contributed by atoms with Gasteiger partial charge in [0.25, 0.3) is 0 Å². The first-order valence-electron chi connectivity index (χ1n) is 9.43. The molecule has 1 N–H and O–H groups in total. The Morgan fingerprint density at radius 2 is 1.55 bits per heavy atom. The molecular weight excluding hydrogens is 431 g/mol. The summed E-state index contributed by atoms with van der Waals surface area (Å²) in [7, 11) is 0. The number of hydrogen-bond donors (Lipinski definition) is 1. The third-order valence-electron chi connectivity index (χ3n) is 4.80. The maximum atomic E-state index is 12.2. The second-order valence-corrected chi connectivity index (χ2v) is 7.44. The standard InChI is InChI=1S/C23H17ClF3NO3/c24-17-4-1-15-11-16(13-29)22(28-21(15)12-17)14-2-5-18(6-3-14)30-19-7-9-20(10-8-19)31-23(25,26)27/h1-10,12,16,29H,11,13H2. The van der Waals surface area contributed by atoms with Gasteiger partial charge in [0.05, 0.1) is 18.0 Å². The number of hydrogen-bond acceptors (Lipinski definition) is 4. The first-order chi connectivity index (χ1) is 14.8. The van der Waals surface area contributed by atoms with Crippen LogP contribution in [0.1, 0.15) is 11.1 Å². The maximum absolute atomic E-state index is 12.2. The van der Waals surface area contributed by atoms with Crippen molar-refractivity contribution in [3.8, 4) is 17.2 Å². The molecule has 0 saturated carbocycles. The van der Waals surface area contributed by atoms with Gasteiger partial charge in [0.15, 0.2) is 0 Å². The highest BCUT2D eigenvalue weighted by atomic mass is 35.5. The molecule has 1 atom stereocenters. The Kier molecular flexibility index (Phi) is 5.89. The number of aliphatic hydroxyl groups excluding tert-OH is 1. The lowest BCUT2D eigenvalue weighted by Crippen LogP contribution is -2.24. The summed E-state index contributed by atoms with van der Waals surface area (Å²) in [6.07, 6.45) is -4.08. The van der Waals surface area contributed by atoms with Crippen LogP contribution < -0.4 is 9.47 Å². The molecular formula is C23H17ClF3NO3. The number of benzene rings is 3. The number of ether oxygens (including phenoxy) is 2. The molecule has 0 aromatic heterocycles. The molecule has 31 heavy (non-hydrogen) atoms. The minimum atomic E-state index is -4.74. The van der Waals surface area contributed by atoms with Crippen LogP contribution in [0.25, 0.3) is 0 Å². The molecule has 4 rings (SSSR count). The third-order valence-corrected chi connectivity index (χ3v) is 5.04. The highest BCUT2D eigenvalue weighted by Gasteiger charge is 2.31. The summed E-state index contributed by atoms with van der Waals surface area (Å²) in [5.74, 6) is 0.422. The number of aliphatic hydroxyl groups is 1. The van der Waals surface area contributed by atoms with Gasteiger partial charge in [-0.15, -0.1) is 13.2 Å². The SMILES string of the molecule is OCC1Cc2ccc(Cl)cc2N=C1c1ccc(Oc2ccc(OC(F)(F)F)cc2)cc1. The third kappa shape index (κ3) is 5.18. The Balaban J connectivity index is 1.51. The predicted molar refractivity (Wildman–Crippen MR) is 112 cm³/mol. The average Bonchev–Trinajstić information content (AvgIpc) is 2.74. The van der Waals surface area contributed by atoms with Crippen molar-refractivity contribution < 1.29 is 27.8 Å². The highest BCUT2D eigenvalue weighted by Crippen LogP contribution is 2.34. The monoisotopic (exact) mass is 447 g/mol. The zero-order valence-corrected chi connectivity index (χ0v) is 16.8. The molecule has 3 aromatic carbocycles. The Morgan fingerprint density at radius 1 is 0.935 bits per heavy atom. The molecule has 1 heterocycles. The second kappa shape index (κ2) is 8.61. The average molecular weight is 448 g/mol. The lowest BCUT2D eigenvalue weighted by molar-refractivity contribution is -0.274. The fraction of sp³-hybridized carbons (Fsp3) is 0.174. The first-order valence-corrected chi connectivity index (χ1v) is 9.80. The molecule has 160 valence electrons. The summed E-state index contributed by atoms with van der Waals surface area (Å²) in [5, 5.41) is 10.4. The van der Waals surface area contributed by atoms with Crippen LogP contribution >= 0.6 is 11.6 Å². The summed E-state index contributed by atoms with van der Waals surface area (Å²) in [5.41, 5.74) is 3.42. The van der Waals surface area contributed by atoms with Crippen molar-refractivity contribution in [1.29, 1.82) is 0 Å². The van der Waals surface area contributed by atoms with Crippen LogP contribution in [-0.2, 0) is 6.42 Å². The van der Waals surface area contributed by atoms with Crippen molar-refractivity contribution in [3.63, 3.8) is 0 Å². The van der Waals surface area contributed by atoms with Gasteiger partial charge < -0.3 is 14.6 Å². The predicted octanol–water partition coefficient (Wildman–Crippen LogP) is 6.32. The molecule has 0 aliphatic carbocycles. The zero-order valence-electron chi connectivity index (χ0n) is 16.1. The number of halogens is 4. The molecule has 0 spiro atoms. The van der Waals surface area contributed by atoms with E-state index in [1.165, 1.54) is 24.3 Å². The minimum Gasteiger partial charge on any atom is -0.457 e. The molecule has 0 amide bonds. The molecule has 8 heteroatoms. The number of alkyl halides is 3. The quantitative estimate of drug-likeness (QED) is 0.498. The van der Waals surface area contributed by atoms with Gasteiger partial charge in [-0.05, 0) is 78.2 Å². The van der Waals surface area contributed by atoms with E-state index in [0.717, 1.165) is 22.5 Å². The highest BCUT2D eigenvalue weighted by molar-refractivity contribution is 6.30. The number of fused-ring (bicyclic) bond motifs is 1. The Morgan fingerprint density at radius 3 is 2.16 bits per heavy atom. The molecule has 3 aromatic rings. The van der Waals surface area contributed by atoms with Crippen molar-refractivity contribution in [2.24, 2.45) is 10.9 Å². The van der Waals surface area contributed by atoms with Crippen LogP contribution in [0.15, 0.2) is 71.7 Å². The van der Waals surface area contributed by atoms with Crippen molar-refractivity contribution in [2.75, 3.05) is 6.61 Å². The summed E-state index contributed by atoms with van der Waals surface area (Å²) < 4.78 is 46.3. The van der Waals surface area contributed by atoms with E-state index in [-0.39, 0.29) is 18.3 Å². The van der Waals surface area contributed by atoms with Gasteiger partial charge in [0.1, 0.15) is 17.2 Å². The Bertz CT molecular complexity index is 1100. The van der Waals surface area contributed by atoms with Crippen molar-refractivity contribution >= 4 is 23.0 Å². The summed E-state index contributed by atoms with van der Waals surface area (Å²) >= 11 is 6.08. The van der Waals surface area contributed by atoms with E-state index >= 15 is 0 Å². The van der Waals surface area contributed by atoms with Gasteiger partial charge in [0, 0.05) is 10.9 Å². The van der Waals surface area contributed by atoms with Gasteiger partial charge in [-0.3, -0.25) is 4.99 Å². The van der Waals surface area contributed by atoms with E-state index in [4.69, 9.17) is 21.3 Å². The molecule has 0 fully saturated rings. The summed E-state index contributed by atoms with van der Waals surface area (Å²) in [4.78, 5) is 4.71. The second-order valence-electron chi connectivity index (χ2n) is 7.00. The minimum absolute atomic E-state index is 0.0362. The number of aliphatic imine (C=N–C) groups is 1. The summed E-state index contributed by atoms with van der Waals surface area (Å²) in [6, 6.07) is 17.8. The molecule has 1 unspecified atom stereocenters. The Hall–Kier alpha value is -3.03. The van der Waals surface area contributed by atoms with E-state index in [9.17, 15) is 18.3 Å². The lowest BCUT2D eigenvalue weighted by Gasteiger charge is -2.24. The maximum Gasteiger partial charge on any atom is 0.573 e. The molecule has 0 radical (unpaired) electrons. The molecule has 1 aliphatic heterocycles. The topological polar surface area (TPSA) is 51.1 Å². The molecule has 0 bridgehead atoms.